The fourth-order valence-electron chi connectivity index (χ4n) is 0.538. The highest BCUT2D eigenvalue weighted by molar-refractivity contribution is 6.17. The van der Waals surface area contributed by atoms with Gasteiger partial charge in [0.15, 0.2) is 0 Å². The van der Waals surface area contributed by atoms with Crippen LogP contribution in [0.2, 0.25) is 0 Å². The van der Waals surface area contributed by atoms with E-state index in [2.05, 4.69) is 9.40 Å². The summed E-state index contributed by atoms with van der Waals surface area (Å²) >= 11 is 5.38. The van der Waals surface area contributed by atoms with Crippen LogP contribution in [-0.2, 0) is 6.42 Å². The second-order valence-corrected chi connectivity index (χ2v) is 1.99. The lowest BCUT2D eigenvalue weighted by atomic mass is 10.4. The molecule has 0 aromatic carbocycles. The number of hydrogen-bond acceptors (Lipinski definition) is 2. The highest BCUT2D eigenvalue weighted by Crippen LogP contribution is 1.92. The summed E-state index contributed by atoms with van der Waals surface area (Å²) in [5.41, 5.74) is 0.745. The van der Waals surface area contributed by atoms with Crippen molar-refractivity contribution in [3.05, 3.63) is 22.5 Å². The summed E-state index contributed by atoms with van der Waals surface area (Å²) in [4.78, 5) is 12.8. The summed E-state index contributed by atoms with van der Waals surface area (Å²) in [6, 6.07) is 0. The van der Waals surface area contributed by atoms with Crippen molar-refractivity contribution in [1.82, 2.24) is 4.98 Å². The Morgan fingerprint density at radius 1 is 1.78 bits per heavy atom. The Kier molecular flexibility index (Phi) is 1.95. The number of halogens is 1. The molecule has 0 saturated heterocycles. The molecule has 1 rings (SSSR count). The summed E-state index contributed by atoms with van der Waals surface area (Å²) in [7, 11) is 0. The minimum Gasteiger partial charge on any atom is -0.416 e. The fraction of sp³-hybridized carbons (Fsp3) is 0.400. The maximum atomic E-state index is 10.3. The Morgan fingerprint density at radius 3 is 3.00 bits per heavy atom. The standard InChI is InChI=1S/C5H6ClNO2/c6-2-1-4-3-9-5(8)7-4/h3H,1-2H2,(H,7,8). The molecule has 1 heterocycles. The Labute approximate surface area is 56.6 Å². The van der Waals surface area contributed by atoms with Crippen molar-refractivity contribution in [2.45, 2.75) is 6.42 Å². The molecule has 0 unspecified atom stereocenters. The van der Waals surface area contributed by atoms with Crippen molar-refractivity contribution >= 4 is 11.6 Å². The number of aromatic nitrogens is 1. The Balaban J connectivity index is 2.73. The van der Waals surface area contributed by atoms with E-state index in [0.29, 0.717) is 12.3 Å². The van der Waals surface area contributed by atoms with Crippen LogP contribution in [0.25, 0.3) is 0 Å². The molecule has 0 saturated carbocycles. The molecule has 4 heteroatoms. The minimum absolute atomic E-state index is 0.421. The average molecular weight is 148 g/mol. The zero-order chi connectivity index (χ0) is 6.69. The van der Waals surface area contributed by atoms with Crippen molar-refractivity contribution in [1.29, 1.82) is 0 Å². The summed E-state index contributed by atoms with van der Waals surface area (Å²) in [6.45, 7) is 0. The summed E-state index contributed by atoms with van der Waals surface area (Å²) in [5.74, 6) is 0.0743. The molecule has 0 aliphatic rings. The molecular formula is C5H6ClNO2. The molecule has 9 heavy (non-hydrogen) atoms. The van der Waals surface area contributed by atoms with E-state index in [1.54, 1.807) is 0 Å². The van der Waals surface area contributed by atoms with E-state index in [9.17, 15) is 4.79 Å². The smallest absolute Gasteiger partial charge is 0.416 e. The van der Waals surface area contributed by atoms with Gasteiger partial charge in [0, 0.05) is 12.3 Å². The molecule has 0 aliphatic carbocycles. The number of rotatable bonds is 2. The Hall–Kier alpha value is -0.700. The molecule has 0 aliphatic heterocycles. The van der Waals surface area contributed by atoms with Crippen molar-refractivity contribution < 1.29 is 4.42 Å². The van der Waals surface area contributed by atoms with Crippen molar-refractivity contribution in [3.8, 4) is 0 Å². The zero-order valence-electron chi connectivity index (χ0n) is 4.69. The number of hydrogen-bond donors (Lipinski definition) is 1. The van der Waals surface area contributed by atoms with Gasteiger partial charge in [-0.25, -0.2) is 4.79 Å². The van der Waals surface area contributed by atoms with Crippen LogP contribution in [0.15, 0.2) is 15.5 Å². The van der Waals surface area contributed by atoms with E-state index in [1.807, 2.05) is 0 Å². The third kappa shape index (κ3) is 1.61. The molecule has 0 atom stereocenters. The molecule has 0 amide bonds. The zero-order valence-corrected chi connectivity index (χ0v) is 5.44. The van der Waals surface area contributed by atoms with E-state index >= 15 is 0 Å². The van der Waals surface area contributed by atoms with E-state index in [4.69, 9.17) is 11.6 Å². The first-order valence-electron chi connectivity index (χ1n) is 2.55. The maximum absolute atomic E-state index is 10.3. The quantitative estimate of drug-likeness (QED) is 0.628. The molecular weight excluding hydrogens is 142 g/mol. The van der Waals surface area contributed by atoms with Gasteiger partial charge in [-0.2, -0.15) is 0 Å². The van der Waals surface area contributed by atoms with E-state index < -0.39 is 5.76 Å². The average Bonchev–Trinajstić information content (AvgIpc) is 2.17. The topological polar surface area (TPSA) is 46.0 Å². The van der Waals surface area contributed by atoms with Crippen LogP contribution in [0.5, 0.6) is 0 Å². The number of nitrogens with one attached hydrogen (secondary N) is 1. The van der Waals surface area contributed by atoms with Crippen LogP contribution in [0, 0.1) is 0 Å². The second kappa shape index (κ2) is 2.73. The normalized spacial score (nSPS) is 9.89. The molecule has 50 valence electrons. The predicted octanol–water partition coefficient (Wildman–Crippen LogP) is 0.749. The van der Waals surface area contributed by atoms with Gasteiger partial charge in [-0.1, -0.05) is 0 Å². The predicted molar refractivity (Wildman–Crippen MR) is 33.8 cm³/mol. The van der Waals surface area contributed by atoms with Crippen LogP contribution < -0.4 is 5.76 Å². The first-order valence-corrected chi connectivity index (χ1v) is 3.09. The van der Waals surface area contributed by atoms with Crippen LogP contribution in [0.1, 0.15) is 5.69 Å². The highest BCUT2D eigenvalue weighted by Gasteiger charge is 1.93. The van der Waals surface area contributed by atoms with Gasteiger partial charge in [-0.3, -0.25) is 4.98 Å². The van der Waals surface area contributed by atoms with Crippen LogP contribution in [-0.4, -0.2) is 10.9 Å². The lowest BCUT2D eigenvalue weighted by Crippen LogP contribution is -1.97. The molecule has 1 N–H and O–H groups in total. The van der Waals surface area contributed by atoms with Gasteiger partial charge in [0.2, 0.25) is 0 Å². The molecule has 0 fully saturated rings. The number of aromatic amines is 1. The number of aryl methyl sites for hydroxylation is 1. The maximum Gasteiger partial charge on any atom is 0.416 e. The van der Waals surface area contributed by atoms with Gasteiger partial charge >= 0.3 is 5.76 Å². The Bertz CT molecular complexity index is 227. The summed E-state index contributed by atoms with van der Waals surface area (Å²) in [6.07, 6.45) is 2.03. The largest absolute Gasteiger partial charge is 0.416 e. The van der Waals surface area contributed by atoms with Crippen molar-refractivity contribution in [2.75, 3.05) is 5.88 Å². The van der Waals surface area contributed by atoms with Gasteiger partial charge < -0.3 is 4.42 Å². The molecule has 0 bridgehead atoms. The molecule has 1 aromatic rings. The van der Waals surface area contributed by atoms with Crippen LogP contribution in [0.3, 0.4) is 0 Å². The molecule has 1 aromatic heterocycles. The number of oxazole rings is 1. The van der Waals surface area contributed by atoms with Crippen molar-refractivity contribution in [2.24, 2.45) is 0 Å². The minimum atomic E-state index is -0.421. The van der Waals surface area contributed by atoms with Gasteiger partial charge in [0.1, 0.15) is 6.26 Å². The summed E-state index contributed by atoms with van der Waals surface area (Å²) in [5, 5.41) is 0. The van der Waals surface area contributed by atoms with Gasteiger partial charge in [-0.05, 0) is 0 Å². The monoisotopic (exact) mass is 147 g/mol. The summed E-state index contributed by atoms with van der Waals surface area (Å²) < 4.78 is 4.45. The second-order valence-electron chi connectivity index (χ2n) is 1.61. The molecule has 3 nitrogen and oxygen atoms in total. The Morgan fingerprint density at radius 2 is 2.56 bits per heavy atom. The van der Waals surface area contributed by atoms with Gasteiger partial charge in [-0.15, -0.1) is 11.6 Å². The lowest BCUT2D eigenvalue weighted by molar-refractivity contribution is 0.514. The van der Waals surface area contributed by atoms with Crippen LogP contribution in [0.4, 0.5) is 0 Å². The fourth-order valence-corrected chi connectivity index (χ4v) is 0.741. The van der Waals surface area contributed by atoms with Crippen LogP contribution >= 0.6 is 11.6 Å². The first kappa shape index (κ1) is 6.42. The third-order valence-corrected chi connectivity index (χ3v) is 1.12. The number of H-pyrrole nitrogens is 1. The number of alkyl halides is 1. The van der Waals surface area contributed by atoms with E-state index in [0.717, 1.165) is 5.69 Å². The molecule has 0 spiro atoms. The first-order chi connectivity index (χ1) is 4.33. The lowest BCUT2D eigenvalue weighted by Gasteiger charge is -1.82. The van der Waals surface area contributed by atoms with Gasteiger partial charge in [0.25, 0.3) is 0 Å². The third-order valence-electron chi connectivity index (χ3n) is 0.935. The van der Waals surface area contributed by atoms with E-state index in [-0.39, 0.29) is 0 Å². The van der Waals surface area contributed by atoms with E-state index in [1.165, 1.54) is 6.26 Å². The highest BCUT2D eigenvalue weighted by atomic mass is 35.5. The van der Waals surface area contributed by atoms with Crippen molar-refractivity contribution in [3.63, 3.8) is 0 Å². The molecule has 0 radical (unpaired) electrons. The van der Waals surface area contributed by atoms with Gasteiger partial charge in [0.05, 0.1) is 5.69 Å². The SMILES string of the molecule is O=c1[nH]c(CCCl)co1.